The SMILES string of the molecule is [2H]c1cccc([2H])c1CN. The lowest BCUT2D eigenvalue weighted by Crippen LogP contribution is -1.94. The molecule has 2 N–H and O–H groups in total. The Morgan fingerprint density at radius 3 is 2.38 bits per heavy atom. The molecule has 1 rings (SSSR count). The van der Waals surface area contributed by atoms with Crippen molar-refractivity contribution in [3.8, 4) is 0 Å². The van der Waals surface area contributed by atoms with Crippen LogP contribution in [-0.2, 0) is 6.54 Å². The van der Waals surface area contributed by atoms with Gasteiger partial charge >= 0.3 is 0 Å². The fourth-order valence-electron chi connectivity index (χ4n) is 0.505. The van der Waals surface area contributed by atoms with Crippen molar-refractivity contribution in [3.05, 3.63) is 35.8 Å². The summed E-state index contributed by atoms with van der Waals surface area (Å²) in [7, 11) is 0. The predicted octanol–water partition coefficient (Wildman–Crippen LogP) is 1.15. The van der Waals surface area contributed by atoms with E-state index in [1.807, 2.05) is 0 Å². The molecule has 0 unspecified atom stereocenters. The van der Waals surface area contributed by atoms with Crippen LogP contribution in [0.25, 0.3) is 0 Å². The lowest BCUT2D eigenvalue weighted by Gasteiger charge is -1.90. The van der Waals surface area contributed by atoms with Gasteiger partial charge in [-0.15, -0.1) is 0 Å². The maximum Gasteiger partial charge on any atom is 0.0626 e. The van der Waals surface area contributed by atoms with Gasteiger partial charge in [0.25, 0.3) is 0 Å². The van der Waals surface area contributed by atoms with Crippen molar-refractivity contribution in [1.29, 1.82) is 0 Å². The molecule has 1 aromatic carbocycles. The monoisotopic (exact) mass is 109 g/mol. The van der Waals surface area contributed by atoms with Crippen molar-refractivity contribution in [2.75, 3.05) is 0 Å². The molecule has 0 saturated heterocycles. The van der Waals surface area contributed by atoms with E-state index in [2.05, 4.69) is 0 Å². The molecule has 0 aromatic heterocycles. The molecule has 1 aromatic rings. The topological polar surface area (TPSA) is 26.0 Å². The van der Waals surface area contributed by atoms with Crippen molar-refractivity contribution in [2.24, 2.45) is 5.73 Å². The molecule has 0 saturated carbocycles. The summed E-state index contributed by atoms with van der Waals surface area (Å²) in [6.07, 6.45) is 0. The van der Waals surface area contributed by atoms with E-state index < -0.39 is 0 Å². The fraction of sp³-hybridized carbons (Fsp3) is 0.143. The van der Waals surface area contributed by atoms with Crippen molar-refractivity contribution in [1.82, 2.24) is 0 Å². The normalized spacial score (nSPS) is 12.6. The minimum atomic E-state index is 0.276. The lowest BCUT2D eigenvalue weighted by atomic mass is 10.2. The van der Waals surface area contributed by atoms with Gasteiger partial charge < -0.3 is 5.73 Å². The number of nitrogens with two attached hydrogens (primary N) is 1. The highest BCUT2D eigenvalue weighted by Gasteiger charge is 1.80. The van der Waals surface area contributed by atoms with Crippen LogP contribution in [0.3, 0.4) is 0 Å². The first-order chi connectivity index (χ1) is 4.75. The third-order valence-corrected chi connectivity index (χ3v) is 0.912. The van der Waals surface area contributed by atoms with E-state index in [4.69, 9.17) is 8.48 Å². The summed E-state index contributed by atoms with van der Waals surface area (Å²) in [4.78, 5) is 0. The average Bonchev–Trinajstić information content (AvgIpc) is 1.88. The third-order valence-electron chi connectivity index (χ3n) is 0.912. The molecule has 0 amide bonds. The Kier molecular flexibility index (Phi) is 1.01. The van der Waals surface area contributed by atoms with Crippen LogP contribution in [0, 0.1) is 0 Å². The standard InChI is InChI=1S/C7H9N/c8-6-7-4-2-1-3-5-7/h1-5H,6,8H2/i4D,5D. The van der Waals surface area contributed by atoms with E-state index in [0.29, 0.717) is 17.6 Å². The highest BCUT2D eigenvalue weighted by atomic mass is 14.5. The largest absolute Gasteiger partial charge is 0.326 e. The summed E-state index contributed by atoms with van der Waals surface area (Å²) in [5, 5.41) is 0. The van der Waals surface area contributed by atoms with E-state index in [1.165, 1.54) is 0 Å². The minimum Gasteiger partial charge on any atom is -0.326 e. The van der Waals surface area contributed by atoms with Gasteiger partial charge in [-0.3, -0.25) is 0 Å². The molecule has 0 aliphatic rings. The summed E-state index contributed by atoms with van der Waals surface area (Å²) in [6.45, 7) is 0.276. The van der Waals surface area contributed by atoms with Gasteiger partial charge in [-0.05, 0) is 5.56 Å². The zero-order valence-corrected chi connectivity index (χ0v) is 4.52. The van der Waals surface area contributed by atoms with Crippen LogP contribution >= 0.6 is 0 Å². The van der Waals surface area contributed by atoms with Crippen molar-refractivity contribution in [3.63, 3.8) is 0 Å². The molecule has 0 atom stereocenters. The zero-order valence-electron chi connectivity index (χ0n) is 6.52. The molecule has 42 valence electrons. The molecule has 1 nitrogen and oxygen atoms in total. The molecule has 8 heavy (non-hydrogen) atoms. The molecule has 0 heterocycles. The molecule has 0 spiro atoms. The molecule has 0 aliphatic heterocycles. The quantitative estimate of drug-likeness (QED) is 0.575. The Hall–Kier alpha value is -0.820. The van der Waals surface area contributed by atoms with Crippen LogP contribution in [0.5, 0.6) is 0 Å². The molecule has 0 fully saturated rings. The Balaban J connectivity index is 3.17. The molecular formula is C7H9N. The van der Waals surface area contributed by atoms with Gasteiger partial charge in [0.2, 0.25) is 0 Å². The summed E-state index contributed by atoms with van der Waals surface area (Å²) in [5.41, 5.74) is 5.92. The second-order valence-electron chi connectivity index (χ2n) is 1.50. The first-order valence-corrected chi connectivity index (χ1v) is 2.51. The number of rotatable bonds is 1. The highest BCUT2D eigenvalue weighted by molar-refractivity contribution is 5.13. The van der Waals surface area contributed by atoms with E-state index in [9.17, 15) is 0 Å². The van der Waals surface area contributed by atoms with Crippen LogP contribution in [0.4, 0.5) is 0 Å². The van der Waals surface area contributed by atoms with Gasteiger partial charge in [-0.2, -0.15) is 0 Å². The lowest BCUT2D eigenvalue weighted by molar-refractivity contribution is 1.07. The third kappa shape index (κ3) is 1.07. The zero-order chi connectivity index (χ0) is 7.56. The van der Waals surface area contributed by atoms with Crippen LogP contribution in [0.2, 0.25) is 0 Å². The average molecular weight is 109 g/mol. The Bertz CT molecular complexity index is 215. The van der Waals surface area contributed by atoms with Gasteiger partial charge in [0, 0.05) is 6.54 Å². The van der Waals surface area contributed by atoms with E-state index in [-0.39, 0.29) is 6.54 Å². The fourth-order valence-corrected chi connectivity index (χ4v) is 0.505. The Labute approximate surface area is 51.9 Å². The van der Waals surface area contributed by atoms with Crippen molar-refractivity contribution in [2.45, 2.75) is 6.54 Å². The van der Waals surface area contributed by atoms with Gasteiger partial charge in [-0.25, -0.2) is 0 Å². The maximum absolute atomic E-state index is 7.31. The van der Waals surface area contributed by atoms with Crippen molar-refractivity contribution < 1.29 is 2.74 Å². The molecule has 0 aliphatic carbocycles. The van der Waals surface area contributed by atoms with E-state index in [0.717, 1.165) is 0 Å². The number of benzene rings is 1. The van der Waals surface area contributed by atoms with E-state index in [1.54, 1.807) is 18.2 Å². The van der Waals surface area contributed by atoms with Crippen LogP contribution in [0.1, 0.15) is 8.30 Å². The molecule has 0 bridgehead atoms. The predicted molar refractivity (Wildman–Crippen MR) is 34.3 cm³/mol. The van der Waals surface area contributed by atoms with Crippen LogP contribution < -0.4 is 5.73 Å². The Morgan fingerprint density at radius 2 is 2.00 bits per heavy atom. The second kappa shape index (κ2) is 2.48. The van der Waals surface area contributed by atoms with Crippen molar-refractivity contribution >= 4 is 0 Å². The van der Waals surface area contributed by atoms with Gasteiger partial charge in [-0.1, -0.05) is 30.3 Å². The first kappa shape index (κ1) is 3.25. The Morgan fingerprint density at radius 1 is 1.38 bits per heavy atom. The minimum absolute atomic E-state index is 0.276. The first-order valence-electron chi connectivity index (χ1n) is 3.51. The van der Waals surface area contributed by atoms with Gasteiger partial charge in [0.1, 0.15) is 0 Å². The second-order valence-corrected chi connectivity index (χ2v) is 1.50. The molecular weight excluding hydrogens is 98.1 g/mol. The summed E-state index contributed by atoms with van der Waals surface area (Å²) < 4.78 is 14.6. The van der Waals surface area contributed by atoms with E-state index >= 15 is 0 Å². The van der Waals surface area contributed by atoms with Crippen LogP contribution in [-0.4, -0.2) is 0 Å². The maximum atomic E-state index is 7.31. The van der Waals surface area contributed by atoms with Crippen LogP contribution in [0.15, 0.2) is 30.3 Å². The van der Waals surface area contributed by atoms with Gasteiger partial charge in [0.15, 0.2) is 0 Å². The smallest absolute Gasteiger partial charge is 0.0626 e. The molecule has 1 heteroatoms. The molecule has 0 radical (unpaired) electrons. The summed E-state index contributed by atoms with van der Waals surface area (Å²) in [6, 6.07) is 5.68. The summed E-state index contributed by atoms with van der Waals surface area (Å²) in [5.74, 6) is 0. The summed E-state index contributed by atoms with van der Waals surface area (Å²) >= 11 is 0. The highest BCUT2D eigenvalue weighted by Crippen LogP contribution is 1.94. The number of hydrogen-bond acceptors (Lipinski definition) is 1. The number of hydrogen-bond donors (Lipinski definition) is 1. The van der Waals surface area contributed by atoms with Gasteiger partial charge in [0.05, 0.1) is 2.74 Å².